The third-order valence-corrected chi connectivity index (χ3v) is 8.06. The Morgan fingerprint density at radius 3 is 2.17 bits per heavy atom. The minimum absolute atomic E-state index is 0.000650. The smallest absolute Gasteiger partial charge is 0.370 e. The lowest BCUT2D eigenvalue weighted by molar-refractivity contribution is -0.143. The highest BCUT2D eigenvalue weighted by molar-refractivity contribution is 5.77. The van der Waals surface area contributed by atoms with Crippen LogP contribution in [0.5, 0.6) is 0 Å². The second kappa shape index (κ2) is 12.4. The van der Waals surface area contributed by atoms with Crippen LogP contribution in [0.3, 0.4) is 0 Å². The molecule has 0 N–H and O–H groups in total. The van der Waals surface area contributed by atoms with E-state index in [0.717, 1.165) is 18.4 Å². The Labute approximate surface area is 235 Å². The molecule has 2 aromatic carbocycles. The van der Waals surface area contributed by atoms with Gasteiger partial charge in [0, 0.05) is 44.9 Å². The molecule has 0 spiro atoms. The van der Waals surface area contributed by atoms with E-state index < -0.39 is 35.7 Å². The van der Waals surface area contributed by atoms with Crippen LogP contribution in [-0.4, -0.2) is 53.4 Å². The van der Waals surface area contributed by atoms with Gasteiger partial charge in [-0.05, 0) is 61.9 Å². The van der Waals surface area contributed by atoms with E-state index in [1.54, 1.807) is 9.80 Å². The van der Waals surface area contributed by atoms with Crippen molar-refractivity contribution in [2.75, 3.05) is 19.6 Å². The number of piperidine rings is 1. The van der Waals surface area contributed by atoms with Crippen LogP contribution in [0.1, 0.15) is 80.2 Å². The molecule has 0 saturated carbocycles. The Kier molecular flexibility index (Phi) is 9.35. The van der Waals surface area contributed by atoms with Crippen molar-refractivity contribution in [3.63, 3.8) is 0 Å². The van der Waals surface area contributed by atoms with Crippen LogP contribution in [0.25, 0.3) is 0 Å². The van der Waals surface area contributed by atoms with Crippen molar-refractivity contribution in [1.82, 2.24) is 9.80 Å². The minimum atomic E-state index is -4.95. The molecular formula is C30H34F6N2O3. The van der Waals surface area contributed by atoms with Crippen molar-refractivity contribution in [3.8, 4) is 0 Å². The number of carbonyl (C=O) groups is 2. The lowest BCUT2D eigenvalue weighted by Crippen LogP contribution is -2.46. The molecule has 4 atom stereocenters. The minimum Gasteiger partial charge on any atom is -0.370 e. The predicted octanol–water partition coefficient (Wildman–Crippen LogP) is 6.98. The Balaban J connectivity index is 1.50. The summed E-state index contributed by atoms with van der Waals surface area (Å²) in [5.74, 6) is -0.385. The van der Waals surface area contributed by atoms with Crippen LogP contribution >= 0.6 is 0 Å². The molecule has 2 fully saturated rings. The average Bonchev–Trinajstić information content (AvgIpc) is 3.40. The highest BCUT2D eigenvalue weighted by Crippen LogP contribution is 2.39. The average molecular weight is 585 g/mol. The summed E-state index contributed by atoms with van der Waals surface area (Å²) in [7, 11) is 0. The van der Waals surface area contributed by atoms with E-state index in [1.165, 1.54) is 13.8 Å². The number of amides is 2. The summed E-state index contributed by atoms with van der Waals surface area (Å²) >= 11 is 0. The number of ether oxygens (including phenoxy) is 1. The molecule has 4 rings (SSSR count). The second-order valence-corrected chi connectivity index (χ2v) is 10.8. The maximum atomic E-state index is 13.4. The molecule has 41 heavy (non-hydrogen) atoms. The molecule has 0 aromatic heterocycles. The van der Waals surface area contributed by atoms with Crippen LogP contribution in [0.4, 0.5) is 26.3 Å². The SMILES string of the molecule is CC(=O)N1CCCC1CCC(=O)N1CC[C@H](O[C@H](C)c2cc(C(F)(F)F)cc(C(F)(F)F)c2)[C@H](c2ccccc2)C1. The summed E-state index contributed by atoms with van der Waals surface area (Å²) in [4.78, 5) is 28.6. The molecular weight excluding hydrogens is 550 g/mol. The summed E-state index contributed by atoms with van der Waals surface area (Å²) in [5, 5.41) is 0. The number of halogens is 6. The molecule has 2 heterocycles. The number of nitrogens with zero attached hydrogens (tertiary/aromatic N) is 2. The molecule has 0 bridgehead atoms. The molecule has 0 radical (unpaired) electrons. The van der Waals surface area contributed by atoms with Gasteiger partial charge in [0.1, 0.15) is 0 Å². The zero-order valence-electron chi connectivity index (χ0n) is 23.0. The summed E-state index contributed by atoms with van der Waals surface area (Å²) in [6.45, 7) is 4.31. The number of likely N-dealkylation sites (tertiary alicyclic amines) is 2. The topological polar surface area (TPSA) is 49.9 Å². The van der Waals surface area contributed by atoms with Gasteiger partial charge in [-0.15, -0.1) is 0 Å². The summed E-state index contributed by atoms with van der Waals surface area (Å²) in [6, 6.07) is 10.8. The van der Waals surface area contributed by atoms with Gasteiger partial charge in [0.25, 0.3) is 0 Å². The van der Waals surface area contributed by atoms with Crippen LogP contribution in [0.2, 0.25) is 0 Å². The van der Waals surface area contributed by atoms with Gasteiger partial charge < -0.3 is 14.5 Å². The number of alkyl halides is 6. The van der Waals surface area contributed by atoms with Gasteiger partial charge >= 0.3 is 12.4 Å². The number of hydrogen-bond acceptors (Lipinski definition) is 3. The number of carbonyl (C=O) groups excluding carboxylic acids is 2. The van der Waals surface area contributed by atoms with Gasteiger partial charge in [-0.25, -0.2) is 0 Å². The first-order valence-corrected chi connectivity index (χ1v) is 13.8. The fourth-order valence-electron chi connectivity index (χ4n) is 5.89. The first kappa shape index (κ1) is 30.9. The van der Waals surface area contributed by atoms with Crippen molar-refractivity contribution in [3.05, 3.63) is 70.8 Å². The fourth-order valence-corrected chi connectivity index (χ4v) is 5.89. The number of benzene rings is 2. The lowest BCUT2D eigenvalue weighted by Gasteiger charge is -2.40. The predicted molar refractivity (Wildman–Crippen MR) is 140 cm³/mol. The van der Waals surface area contributed by atoms with Gasteiger partial charge in [0.15, 0.2) is 0 Å². The van der Waals surface area contributed by atoms with Crippen LogP contribution in [0.15, 0.2) is 48.5 Å². The Morgan fingerprint density at radius 1 is 0.951 bits per heavy atom. The third-order valence-electron chi connectivity index (χ3n) is 8.06. The molecule has 0 aliphatic carbocycles. The molecule has 2 aliphatic rings. The summed E-state index contributed by atoms with van der Waals surface area (Å²) in [6.07, 6.45) is -8.52. The zero-order chi connectivity index (χ0) is 29.9. The van der Waals surface area contributed by atoms with Crippen molar-refractivity contribution >= 4 is 11.8 Å². The molecule has 1 unspecified atom stereocenters. The molecule has 11 heteroatoms. The van der Waals surface area contributed by atoms with Gasteiger partial charge in [-0.1, -0.05) is 30.3 Å². The van der Waals surface area contributed by atoms with Crippen molar-refractivity contribution in [1.29, 1.82) is 0 Å². The molecule has 224 valence electrons. The Morgan fingerprint density at radius 2 is 1.59 bits per heavy atom. The summed E-state index contributed by atoms with van der Waals surface area (Å²) in [5.41, 5.74) is -2.13. The largest absolute Gasteiger partial charge is 0.416 e. The number of hydrogen-bond donors (Lipinski definition) is 0. The molecule has 2 aliphatic heterocycles. The van der Waals surface area contributed by atoms with Gasteiger partial charge in [-0.3, -0.25) is 9.59 Å². The maximum Gasteiger partial charge on any atom is 0.416 e. The van der Waals surface area contributed by atoms with E-state index in [9.17, 15) is 35.9 Å². The standard InChI is InChI=1S/C30H34F6N2O3/c1-19(22-15-23(29(31,32)33)17-24(16-22)30(34,35)36)41-27-12-14-37(18-26(27)21-7-4-3-5-8-21)28(40)11-10-25-9-6-13-38(25)20(2)39/h3-5,7-8,15-17,19,25-27H,6,9-14,18H2,1-2H3/t19-,25?,26+,27+/m1/s1. The summed E-state index contributed by atoms with van der Waals surface area (Å²) < 4.78 is 86.7. The molecule has 2 saturated heterocycles. The monoisotopic (exact) mass is 584 g/mol. The van der Waals surface area contributed by atoms with E-state index in [-0.39, 0.29) is 41.8 Å². The third kappa shape index (κ3) is 7.61. The second-order valence-electron chi connectivity index (χ2n) is 10.8. The van der Waals surface area contributed by atoms with E-state index >= 15 is 0 Å². The highest BCUT2D eigenvalue weighted by atomic mass is 19.4. The van der Waals surface area contributed by atoms with Crippen molar-refractivity contribution in [2.45, 2.75) is 82.5 Å². The first-order chi connectivity index (χ1) is 19.2. The zero-order valence-corrected chi connectivity index (χ0v) is 23.0. The van der Waals surface area contributed by atoms with Crippen molar-refractivity contribution in [2.24, 2.45) is 0 Å². The highest BCUT2D eigenvalue weighted by Gasteiger charge is 2.39. The van der Waals surface area contributed by atoms with Crippen molar-refractivity contribution < 1.29 is 40.7 Å². The molecule has 2 aromatic rings. The molecule has 5 nitrogen and oxygen atoms in total. The van der Waals surface area contributed by atoms with E-state index in [2.05, 4.69) is 0 Å². The maximum absolute atomic E-state index is 13.4. The van der Waals surface area contributed by atoms with Gasteiger partial charge in [0.2, 0.25) is 11.8 Å². The van der Waals surface area contributed by atoms with E-state index in [1.807, 2.05) is 30.3 Å². The Bertz CT molecular complexity index is 1180. The van der Waals surface area contributed by atoms with E-state index in [4.69, 9.17) is 4.74 Å². The fraction of sp³-hybridized carbons (Fsp3) is 0.533. The Hall–Kier alpha value is -3.08. The number of rotatable bonds is 7. The van der Waals surface area contributed by atoms with Gasteiger partial charge in [-0.2, -0.15) is 26.3 Å². The van der Waals surface area contributed by atoms with Crippen LogP contribution in [0, 0.1) is 0 Å². The quantitative estimate of drug-likeness (QED) is 0.330. The van der Waals surface area contributed by atoms with Gasteiger partial charge in [0.05, 0.1) is 23.3 Å². The molecule has 2 amide bonds. The lowest BCUT2D eigenvalue weighted by atomic mass is 9.87. The van der Waals surface area contributed by atoms with E-state index in [0.29, 0.717) is 44.6 Å². The first-order valence-electron chi connectivity index (χ1n) is 13.8. The van der Waals surface area contributed by atoms with Crippen LogP contribution < -0.4 is 0 Å². The van der Waals surface area contributed by atoms with Crippen LogP contribution in [-0.2, 0) is 26.7 Å². The normalized spacial score (nSPS) is 22.6.